The molecule has 0 spiro atoms. The van der Waals surface area contributed by atoms with E-state index in [1.807, 2.05) is 0 Å². The lowest BCUT2D eigenvalue weighted by atomic mass is 10.1. The van der Waals surface area contributed by atoms with Gasteiger partial charge in [0.15, 0.2) is 0 Å². The minimum atomic E-state index is -3.74. The molecule has 0 fully saturated rings. The van der Waals surface area contributed by atoms with Crippen LogP contribution in [0.3, 0.4) is 0 Å². The van der Waals surface area contributed by atoms with Crippen LogP contribution in [0.25, 0.3) is 0 Å². The van der Waals surface area contributed by atoms with E-state index in [1.54, 1.807) is 37.3 Å². The predicted octanol–water partition coefficient (Wildman–Crippen LogP) is 3.31. The Kier molecular flexibility index (Phi) is 7.04. The van der Waals surface area contributed by atoms with Gasteiger partial charge in [-0.25, -0.2) is 13.2 Å². The first-order chi connectivity index (χ1) is 13.2. The number of sulfonamides is 1. The Labute approximate surface area is 169 Å². The zero-order valence-corrected chi connectivity index (χ0v) is 17.3. The first-order valence-corrected chi connectivity index (χ1v) is 10.6. The number of nitrogens with zero attached hydrogens (tertiary/aromatic N) is 1. The third-order valence-electron chi connectivity index (χ3n) is 3.99. The fraction of sp³-hybridized carbons (Fsp3) is 0.263. The number of nitrogens with one attached hydrogen (secondary N) is 1. The molecule has 9 heteroatoms. The van der Waals surface area contributed by atoms with Crippen molar-refractivity contribution in [3.63, 3.8) is 0 Å². The molecule has 150 valence electrons. The van der Waals surface area contributed by atoms with Crippen LogP contribution in [-0.4, -0.2) is 39.7 Å². The molecule has 2 rings (SSSR count). The van der Waals surface area contributed by atoms with Crippen molar-refractivity contribution in [2.75, 3.05) is 23.0 Å². The maximum Gasteiger partial charge on any atom is 0.337 e. The number of carbonyl (C=O) groups excluding carboxylic acids is 2. The number of benzene rings is 2. The Bertz CT molecular complexity index is 964. The number of hydrogen-bond acceptors (Lipinski definition) is 5. The molecular weight excluding hydrogens is 404 g/mol. The van der Waals surface area contributed by atoms with Gasteiger partial charge < -0.3 is 10.1 Å². The molecule has 2 aromatic carbocycles. The predicted molar refractivity (Wildman–Crippen MR) is 109 cm³/mol. The second kappa shape index (κ2) is 9.07. The Balaban J connectivity index is 2.39. The topological polar surface area (TPSA) is 92.8 Å². The molecule has 0 aliphatic carbocycles. The van der Waals surface area contributed by atoms with Gasteiger partial charge in [0.1, 0.15) is 6.04 Å². The lowest BCUT2D eigenvalue weighted by molar-refractivity contribution is -0.117. The molecule has 2 aromatic rings. The number of para-hydroxylation sites is 1. The van der Waals surface area contributed by atoms with Gasteiger partial charge in [-0.15, -0.1) is 0 Å². The normalized spacial score (nSPS) is 12.1. The largest absolute Gasteiger partial charge is 0.465 e. The fourth-order valence-corrected chi connectivity index (χ4v) is 4.09. The SMILES string of the molecule is CCC(C(=O)Nc1cc(C(=O)OC)ccc1Cl)N(c1ccccc1)S(C)(=O)=O. The number of ether oxygens (including phenoxy) is 1. The summed E-state index contributed by atoms with van der Waals surface area (Å²) in [4.78, 5) is 24.6. The summed E-state index contributed by atoms with van der Waals surface area (Å²) in [5.41, 5.74) is 0.772. The highest BCUT2D eigenvalue weighted by molar-refractivity contribution is 7.92. The van der Waals surface area contributed by atoms with Crippen LogP contribution in [0, 0.1) is 0 Å². The number of hydrogen-bond donors (Lipinski definition) is 1. The highest BCUT2D eigenvalue weighted by Gasteiger charge is 2.31. The second-order valence-electron chi connectivity index (χ2n) is 5.99. The average Bonchev–Trinajstić information content (AvgIpc) is 2.66. The van der Waals surface area contributed by atoms with Gasteiger partial charge in [0, 0.05) is 0 Å². The Morgan fingerprint density at radius 1 is 1.18 bits per heavy atom. The molecule has 0 aromatic heterocycles. The minimum Gasteiger partial charge on any atom is -0.465 e. The van der Waals surface area contributed by atoms with E-state index in [0.717, 1.165) is 10.6 Å². The summed E-state index contributed by atoms with van der Waals surface area (Å²) in [5.74, 6) is -1.15. The molecule has 1 N–H and O–H groups in total. The maximum atomic E-state index is 12.9. The first-order valence-electron chi connectivity index (χ1n) is 8.42. The van der Waals surface area contributed by atoms with Crippen molar-refractivity contribution in [3.05, 3.63) is 59.1 Å². The van der Waals surface area contributed by atoms with E-state index in [4.69, 9.17) is 11.6 Å². The monoisotopic (exact) mass is 424 g/mol. The van der Waals surface area contributed by atoms with Crippen LogP contribution in [0.1, 0.15) is 23.7 Å². The van der Waals surface area contributed by atoms with E-state index in [-0.39, 0.29) is 22.7 Å². The van der Waals surface area contributed by atoms with Crippen molar-refractivity contribution in [2.45, 2.75) is 19.4 Å². The summed E-state index contributed by atoms with van der Waals surface area (Å²) in [6.45, 7) is 1.71. The smallest absolute Gasteiger partial charge is 0.337 e. The van der Waals surface area contributed by atoms with Gasteiger partial charge in [0.05, 0.1) is 35.3 Å². The van der Waals surface area contributed by atoms with E-state index in [2.05, 4.69) is 10.1 Å². The van der Waals surface area contributed by atoms with Gasteiger partial charge in [-0.3, -0.25) is 9.10 Å². The van der Waals surface area contributed by atoms with Crippen molar-refractivity contribution in [1.82, 2.24) is 0 Å². The summed E-state index contributed by atoms with van der Waals surface area (Å²) in [5, 5.41) is 2.83. The van der Waals surface area contributed by atoms with Crippen LogP contribution in [0.5, 0.6) is 0 Å². The van der Waals surface area contributed by atoms with Gasteiger partial charge in [0.2, 0.25) is 15.9 Å². The van der Waals surface area contributed by atoms with Crippen LogP contribution in [-0.2, 0) is 19.6 Å². The molecule has 0 aliphatic heterocycles. The first kappa shape index (κ1) is 21.7. The summed E-state index contributed by atoms with van der Waals surface area (Å²) < 4.78 is 30.5. The number of halogens is 1. The molecule has 0 saturated heterocycles. The molecule has 28 heavy (non-hydrogen) atoms. The van der Waals surface area contributed by atoms with E-state index < -0.39 is 27.9 Å². The Morgan fingerprint density at radius 3 is 2.36 bits per heavy atom. The van der Waals surface area contributed by atoms with Crippen LogP contribution >= 0.6 is 11.6 Å². The number of anilines is 2. The zero-order chi connectivity index (χ0) is 20.9. The molecule has 0 radical (unpaired) electrons. The van der Waals surface area contributed by atoms with E-state index in [1.165, 1.54) is 25.3 Å². The lowest BCUT2D eigenvalue weighted by Gasteiger charge is -2.30. The quantitative estimate of drug-likeness (QED) is 0.688. The molecule has 0 heterocycles. The number of methoxy groups -OCH3 is 1. The molecule has 0 aliphatic rings. The van der Waals surface area contributed by atoms with Crippen molar-refractivity contribution in [1.29, 1.82) is 0 Å². The van der Waals surface area contributed by atoms with Crippen LogP contribution < -0.4 is 9.62 Å². The van der Waals surface area contributed by atoms with Gasteiger partial charge in [0.25, 0.3) is 0 Å². The summed E-state index contributed by atoms with van der Waals surface area (Å²) in [6, 6.07) is 11.7. The molecule has 7 nitrogen and oxygen atoms in total. The highest BCUT2D eigenvalue weighted by Crippen LogP contribution is 2.26. The summed E-state index contributed by atoms with van der Waals surface area (Å²) in [7, 11) is -2.49. The van der Waals surface area contributed by atoms with Gasteiger partial charge in [-0.1, -0.05) is 36.7 Å². The van der Waals surface area contributed by atoms with E-state index in [0.29, 0.717) is 5.69 Å². The standard InChI is InChI=1S/C19H21ClN2O5S/c1-4-17(22(28(3,25)26)14-8-6-5-7-9-14)18(23)21-16-12-13(19(24)27-2)10-11-15(16)20/h5-12,17H,4H2,1-3H3,(H,21,23). The lowest BCUT2D eigenvalue weighted by Crippen LogP contribution is -2.47. The zero-order valence-electron chi connectivity index (χ0n) is 15.7. The van der Waals surface area contributed by atoms with Crippen molar-refractivity contribution in [2.24, 2.45) is 0 Å². The van der Waals surface area contributed by atoms with Gasteiger partial charge >= 0.3 is 5.97 Å². The fourth-order valence-electron chi connectivity index (χ4n) is 2.72. The third-order valence-corrected chi connectivity index (χ3v) is 5.50. The third kappa shape index (κ3) is 5.02. The molecule has 0 saturated carbocycles. The van der Waals surface area contributed by atoms with Crippen LogP contribution in [0.4, 0.5) is 11.4 Å². The summed E-state index contributed by atoms with van der Waals surface area (Å²) in [6.07, 6.45) is 1.27. The molecular formula is C19H21ClN2O5S. The van der Waals surface area contributed by atoms with Crippen LogP contribution in [0.15, 0.2) is 48.5 Å². The van der Waals surface area contributed by atoms with Gasteiger partial charge in [-0.05, 0) is 36.8 Å². The second-order valence-corrected chi connectivity index (χ2v) is 8.26. The molecule has 1 atom stereocenters. The maximum absolute atomic E-state index is 12.9. The average molecular weight is 425 g/mol. The number of rotatable bonds is 7. The molecule has 1 amide bonds. The van der Waals surface area contributed by atoms with Crippen molar-refractivity contribution >= 4 is 44.9 Å². The highest BCUT2D eigenvalue weighted by atomic mass is 35.5. The summed E-state index contributed by atoms with van der Waals surface area (Å²) >= 11 is 6.12. The van der Waals surface area contributed by atoms with Crippen molar-refractivity contribution in [3.8, 4) is 0 Å². The molecule has 0 bridgehead atoms. The Morgan fingerprint density at radius 2 is 1.82 bits per heavy atom. The van der Waals surface area contributed by atoms with E-state index in [9.17, 15) is 18.0 Å². The number of esters is 1. The van der Waals surface area contributed by atoms with Gasteiger partial charge in [-0.2, -0.15) is 0 Å². The van der Waals surface area contributed by atoms with Crippen molar-refractivity contribution < 1.29 is 22.7 Å². The molecule has 1 unspecified atom stereocenters. The van der Waals surface area contributed by atoms with E-state index >= 15 is 0 Å². The Hall–Kier alpha value is -2.58. The minimum absolute atomic E-state index is 0.189. The van der Waals surface area contributed by atoms with Crippen LogP contribution in [0.2, 0.25) is 5.02 Å². The number of amides is 1. The number of carbonyl (C=O) groups is 2.